The van der Waals surface area contributed by atoms with Crippen LogP contribution in [0.5, 0.6) is 5.75 Å². The molecule has 0 radical (unpaired) electrons. The molecule has 0 aliphatic rings. The highest BCUT2D eigenvalue weighted by Crippen LogP contribution is 2.08. The Morgan fingerprint density at radius 3 is 2.22 bits per heavy atom. The molecule has 182 valence electrons. The molecule has 0 spiro atoms. The van der Waals surface area contributed by atoms with Crippen LogP contribution in [0.4, 0.5) is 4.79 Å². The molecule has 1 rings (SSSR count). The van der Waals surface area contributed by atoms with Gasteiger partial charge in [0.25, 0.3) is 5.91 Å². The van der Waals surface area contributed by atoms with E-state index in [1.807, 2.05) is 6.07 Å². The van der Waals surface area contributed by atoms with E-state index in [2.05, 4.69) is 10.6 Å². The summed E-state index contributed by atoms with van der Waals surface area (Å²) in [4.78, 5) is 49.9. The molecule has 0 heterocycles. The molecular weight excluding hydrogens is 448 g/mol. The monoisotopic (exact) mass is 478 g/mol. The number of nitrogens with one attached hydrogen (secondary N) is 2. The van der Waals surface area contributed by atoms with Gasteiger partial charge in [-0.1, -0.05) is 18.2 Å². The lowest BCUT2D eigenvalue weighted by Gasteiger charge is -2.25. The number of aliphatic hydroxyl groups excluding tert-OH is 4. The highest BCUT2D eigenvalue weighted by molar-refractivity contribution is 6.56. The second kappa shape index (κ2) is 14.0. The summed E-state index contributed by atoms with van der Waals surface area (Å²) in [7, 11) is -4.25. The van der Waals surface area contributed by atoms with E-state index in [4.69, 9.17) is 23.9 Å². The van der Waals surface area contributed by atoms with E-state index < -0.39 is 51.8 Å². The van der Waals surface area contributed by atoms with Crippen LogP contribution in [0.15, 0.2) is 30.3 Å². The van der Waals surface area contributed by atoms with Gasteiger partial charge in [0.2, 0.25) is 0 Å². The van der Waals surface area contributed by atoms with E-state index >= 15 is 0 Å². The van der Waals surface area contributed by atoms with Crippen LogP contribution < -0.4 is 15.4 Å². The van der Waals surface area contributed by atoms with Crippen LogP contribution in [0.25, 0.3) is 0 Å². The first-order valence-corrected chi connectivity index (χ1v) is 11.8. The summed E-state index contributed by atoms with van der Waals surface area (Å²) in [6.45, 7) is -0.619. The average Bonchev–Trinajstić information content (AvgIpc) is 2.76. The zero-order chi connectivity index (χ0) is 24.1. The Morgan fingerprint density at radius 1 is 0.938 bits per heavy atom. The number of ether oxygens (including phenoxy) is 2. The molecule has 0 aromatic heterocycles. The molecule has 0 saturated carbocycles. The maximum Gasteiger partial charge on any atom is 0.492 e. The van der Waals surface area contributed by atoms with Crippen molar-refractivity contribution in [2.75, 3.05) is 26.3 Å². The number of rotatable bonds is 14. The van der Waals surface area contributed by atoms with Crippen LogP contribution in [-0.4, -0.2) is 106 Å². The normalized spacial score (nSPS) is 15.2. The standard InChI is InChI=1S/C18H30N2O11Si/c21-13(11-31-18(26)20-8-9-30-12-5-2-1-3-6-12)14(22)15(23)16(24)17(25)19-7-4-10-32(27,28)29/h1-3,5-6,13-16,21-24,27-29H,4,7-11H2,(H,19,25)(H,20,26). The molecule has 2 amide bonds. The molecule has 13 nitrogen and oxygen atoms in total. The smallest absolute Gasteiger partial charge is 0.492 e. The van der Waals surface area contributed by atoms with Crippen LogP contribution in [-0.2, 0) is 9.53 Å². The largest absolute Gasteiger partial charge is 0.492 e. The molecule has 1 aromatic rings. The Hall–Kier alpha value is -2.30. The van der Waals surface area contributed by atoms with Crippen LogP contribution in [0.2, 0.25) is 6.04 Å². The minimum absolute atomic E-state index is 0.00516. The molecule has 0 aliphatic carbocycles. The summed E-state index contributed by atoms with van der Waals surface area (Å²) in [6.07, 6.45) is -8.96. The molecule has 0 aliphatic heterocycles. The quantitative estimate of drug-likeness (QED) is 0.0950. The average molecular weight is 479 g/mol. The van der Waals surface area contributed by atoms with Crippen molar-refractivity contribution in [2.24, 2.45) is 0 Å². The number of carbonyl (C=O) groups is 2. The van der Waals surface area contributed by atoms with Crippen molar-refractivity contribution in [3.8, 4) is 5.75 Å². The minimum atomic E-state index is -4.25. The van der Waals surface area contributed by atoms with Gasteiger partial charge in [0, 0.05) is 12.6 Å². The third-order valence-electron chi connectivity index (χ3n) is 4.09. The van der Waals surface area contributed by atoms with Crippen molar-refractivity contribution in [3.05, 3.63) is 30.3 Å². The van der Waals surface area contributed by atoms with Gasteiger partial charge < -0.3 is 54.9 Å². The van der Waals surface area contributed by atoms with Crippen LogP contribution in [0.3, 0.4) is 0 Å². The fraction of sp³-hybridized carbons (Fsp3) is 0.556. The van der Waals surface area contributed by atoms with Gasteiger partial charge in [-0.15, -0.1) is 0 Å². The SMILES string of the molecule is O=C(NCCOc1ccccc1)OCC(O)C(O)C(O)C(O)C(=O)NCCC[Si](O)(O)O. The highest BCUT2D eigenvalue weighted by Gasteiger charge is 2.35. The molecule has 32 heavy (non-hydrogen) atoms. The van der Waals surface area contributed by atoms with Gasteiger partial charge in [-0.25, -0.2) is 4.79 Å². The van der Waals surface area contributed by atoms with Crippen molar-refractivity contribution in [2.45, 2.75) is 36.9 Å². The number of carbonyl (C=O) groups excluding carboxylic acids is 2. The summed E-state index contributed by atoms with van der Waals surface area (Å²) in [5.41, 5.74) is 0. The van der Waals surface area contributed by atoms with Crippen LogP contribution >= 0.6 is 0 Å². The van der Waals surface area contributed by atoms with Gasteiger partial charge in [-0.05, 0) is 18.6 Å². The Morgan fingerprint density at radius 2 is 1.59 bits per heavy atom. The summed E-state index contributed by atoms with van der Waals surface area (Å²) in [5, 5.41) is 43.8. The predicted octanol–water partition coefficient (Wildman–Crippen LogP) is -3.34. The van der Waals surface area contributed by atoms with Gasteiger partial charge in [0.15, 0.2) is 6.10 Å². The number of benzene rings is 1. The van der Waals surface area contributed by atoms with Crippen molar-refractivity contribution >= 4 is 20.8 Å². The third kappa shape index (κ3) is 11.4. The minimum Gasteiger partial charge on any atom is -0.492 e. The lowest BCUT2D eigenvalue weighted by Crippen LogP contribution is -2.52. The number of hydrogen-bond acceptors (Lipinski definition) is 11. The number of para-hydroxylation sites is 1. The van der Waals surface area contributed by atoms with E-state index in [0.29, 0.717) is 5.75 Å². The van der Waals surface area contributed by atoms with Gasteiger partial charge in [0.05, 0.1) is 6.54 Å². The zero-order valence-corrected chi connectivity index (χ0v) is 18.2. The highest BCUT2D eigenvalue weighted by atomic mass is 28.4. The third-order valence-corrected chi connectivity index (χ3v) is 5.12. The van der Waals surface area contributed by atoms with Crippen molar-refractivity contribution in [1.29, 1.82) is 0 Å². The van der Waals surface area contributed by atoms with Gasteiger partial charge in [-0.3, -0.25) is 4.79 Å². The maximum absolute atomic E-state index is 11.8. The van der Waals surface area contributed by atoms with Crippen molar-refractivity contribution in [3.63, 3.8) is 0 Å². The zero-order valence-electron chi connectivity index (χ0n) is 17.2. The molecule has 9 N–H and O–H groups in total. The summed E-state index contributed by atoms with van der Waals surface area (Å²) in [6, 6.07) is 8.53. The number of aliphatic hydroxyl groups is 4. The first-order valence-electron chi connectivity index (χ1n) is 9.77. The molecule has 4 unspecified atom stereocenters. The second-order valence-electron chi connectivity index (χ2n) is 6.85. The number of amides is 2. The van der Waals surface area contributed by atoms with E-state index in [9.17, 15) is 30.0 Å². The van der Waals surface area contributed by atoms with E-state index in [0.717, 1.165) is 0 Å². The van der Waals surface area contributed by atoms with Gasteiger partial charge in [0.1, 0.15) is 37.3 Å². The fourth-order valence-electron chi connectivity index (χ4n) is 2.36. The Kier molecular flexibility index (Phi) is 12.1. The summed E-state index contributed by atoms with van der Waals surface area (Å²) in [5.74, 6) is -0.482. The topological polar surface area (TPSA) is 218 Å². The lowest BCUT2D eigenvalue weighted by atomic mass is 10.0. The first-order chi connectivity index (χ1) is 15.0. The summed E-state index contributed by atoms with van der Waals surface area (Å²) >= 11 is 0. The van der Waals surface area contributed by atoms with Gasteiger partial charge >= 0.3 is 14.9 Å². The van der Waals surface area contributed by atoms with Crippen LogP contribution in [0.1, 0.15) is 6.42 Å². The number of hydrogen-bond donors (Lipinski definition) is 9. The van der Waals surface area contributed by atoms with Crippen LogP contribution in [0, 0.1) is 0 Å². The Bertz CT molecular complexity index is 689. The van der Waals surface area contributed by atoms with E-state index in [1.165, 1.54) is 0 Å². The number of alkyl carbamates (subject to hydrolysis) is 1. The molecule has 4 atom stereocenters. The molecule has 0 bridgehead atoms. The maximum atomic E-state index is 11.8. The fourth-order valence-corrected chi connectivity index (χ4v) is 3.01. The second-order valence-corrected chi connectivity index (χ2v) is 8.90. The molecule has 0 fully saturated rings. The predicted molar refractivity (Wildman–Crippen MR) is 110 cm³/mol. The van der Waals surface area contributed by atoms with Gasteiger partial charge in [-0.2, -0.15) is 0 Å². The van der Waals surface area contributed by atoms with Crippen molar-refractivity contribution < 1.29 is 53.9 Å². The molecular formula is C18H30N2O11Si. The Balaban J connectivity index is 2.26. The first kappa shape index (κ1) is 27.7. The van der Waals surface area contributed by atoms with Crippen molar-refractivity contribution in [1.82, 2.24) is 10.6 Å². The molecule has 14 heteroatoms. The Labute approximate surface area is 185 Å². The van der Waals surface area contributed by atoms with E-state index in [-0.39, 0.29) is 32.2 Å². The molecule has 1 aromatic carbocycles. The lowest BCUT2D eigenvalue weighted by molar-refractivity contribution is -0.149. The summed E-state index contributed by atoms with van der Waals surface area (Å²) < 4.78 is 10.1. The van der Waals surface area contributed by atoms with E-state index in [1.54, 1.807) is 24.3 Å². The molecule has 0 saturated heterocycles.